The molecule has 0 spiro atoms. The summed E-state index contributed by atoms with van der Waals surface area (Å²) in [4.78, 5) is 25.0. The van der Waals surface area contributed by atoms with E-state index in [-0.39, 0.29) is 17.8 Å². The lowest BCUT2D eigenvalue weighted by Crippen LogP contribution is -2.38. The minimum Gasteiger partial charge on any atom is -0.465 e. The van der Waals surface area contributed by atoms with Crippen LogP contribution >= 0.6 is 0 Å². The molecule has 0 saturated carbocycles. The monoisotopic (exact) mass is 498 g/mol. The Morgan fingerprint density at radius 2 is 1.80 bits per heavy atom. The molecule has 1 unspecified atom stereocenters. The minimum atomic E-state index is -4.95. The number of hydrogen-bond acceptors (Lipinski definition) is 5. The van der Waals surface area contributed by atoms with Gasteiger partial charge in [-0.15, -0.1) is 8.78 Å². The minimum absolute atomic E-state index is 0.0783. The Labute approximate surface area is 195 Å². The van der Waals surface area contributed by atoms with Gasteiger partial charge < -0.3 is 24.1 Å². The van der Waals surface area contributed by atoms with Gasteiger partial charge in [-0.1, -0.05) is 6.07 Å². The van der Waals surface area contributed by atoms with Gasteiger partial charge in [0.25, 0.3) is 5.91 Å². The highest BCUT2D eigenvalue weighted by molar-refractivity contribution is 6.02. The Kier molecular flexibility index (Phi) is 5.86. The fourth-order valence-corrected chi connectivity index (χ4v) is 3.98. The van der Waals surface area contributed by atoms with Crippen molar-refractivity contribution in [1.29, 1.82) is 0 Å². The zero-order chi connectivity index (χ0) is 25.7. The number of carbonyl (C=O) groups excluding carboxylic acids is 2. The molecule has 0 bridgehead atoms. The van der Waals surface area contributed by atoms with Crippen molar-refractivity contribution in [2.45, 2.75) is 38.9 Å². The van der Waals surface area contributed by atoms with E-state index in [0.717, 1.165) is 18.2 Å². The van der Waals surface area contributed by atoms with E-state index in [1.807, 2.05) is 5.32 Å². The number of aromatic nitrogens is 1. The first-order chi connectivity index (χ1) is 16.3. The maximum Gasteiger partial charge on any atom is 0.586 e. The Morgan fingerprint density at radius 3 is 2.43 bits per heavy atom. The SMILES string of the molecule is CCn1c(C(=O)NC(c2ccc3c(c2)OC(F)(F)O3)C(F)(F)F)cc2cc(C(=O)OC)c(C)cc21. The standard InChI is InChI=1S/C23H19F5N2O5/c1-4-30-15-7-11(2)14(21(32)33-3)8-13(15)9-16(30)20(31)29-19(22(24,25)26)12-5-6-17-18(10-12)35-23(27,28)34-17/h5-10,19H,4H2,1-3H3,(H,29,31). The molecule has 1 aliphatic heterocycles. The third kappa shape index (κ3) is 4.47. The van der Waals surface area contributed by atoms with Crippen LogP contribution in [0.25, 0.3) is 10.9 Å². The average molecular weight is 498 g/mol. The van der Waals surface area contributed by atoms with Gasteiger partial charge in [0.05, 0.1) is 12.7 Å². The van der Waals surface area contributed by atoms with Crippen molar-refractivity contribution in [2.24, 2.45) is 0 Å². The van der Waals surface area contributed by atoms with Gasteiger partial charge >= 0.3 is 18.4 Å². The van der Waals surface area contributed by atoms with E-state index in [1.54, 1.807) is 19.9 Å². The molecule has 1 atom stereocenters. The lowest BCUT2D eigenvalue weighted by molar-refractivity contribution is -0.286. The van der Waals surface area contributed by atoms with E-state index >= 15 is 0 Å². The van der Waals surface area contributed by atoms with Crippen LogP contribution in [0, 0.1) is 6.92 Å². The summed E-state index contributed by atoms with van der Waals surface area (Å²) < 4.78 is 83.0. The number of amides is 1. The number of aryl methyl sites for hydroxylation is 2. The Hall–Kier alpha value is -3.83. The number of carbonyl (C=O) groups is 2. The third-order valence-corrected chi connectivity index (χ3v) is 5.56. The molecule has 12 heteroatoms. The molecule has 35 heavy (non-hydrogen) atoms. The van der Waals surface area contributed by atoms with E-state index < -0.39 is 47.5 Å². The van der Waals surface area contributed by atoms with E-state index in [0.29, 0.717) is 16.5 Å². The molecule has 0 aliphatic carbocycles. The molecule has 0 fully saturated rings. The first-order valence-electron chi connectivity index (χ1n) is 10.3. The smallest absolute Gasteiger partial charge is 0.465 e. The molecule has 7 nitrogen and oxygen atoms in total. The van der Waals surface area contributed by atoms with Crippen LogP contribution in [0.4, 0.5) is 22.0 Å². The number of halogens is 5. The molecule has 2 heterocycles. The van der Waals surface area contributed by atoms with Crippen molar-refractivity contribution < 1.29 is 45.8 Å². The molecule has 1 aromatic heterocycles. The molecule has 0 radical (unpaired) electrons. The largest absolute Gasteiger partial charge is 0.586 e. The predicted octanol–water partition coefficient (Wildman–Crippen LogP) is 5.11. The Bertz CT molecular complexity index is 1330. The van der Waals surface area contributed by atoms with Crippen molar-refractivity contribution in [3.05, 3.63) is 58.8 Å². The van der Waals surface area contributed by atoms with E-state index in [4.69, 9.17) is 4.74 Å². The molecule has 186 valence electrons. The van der Waals surface area contributed by atoms with E-state index in [2.05, 4.69) is 9.47 Å². The maximum atomic E-state index is 13.9. The molecule has 1 aliphatic rings. The van der Waals surface area contributed by atoms with Gasteiger partial charge in [-0.05, 0) is 55.3 Å². The molecular weight excluding hydrogens is 479 g/mol. The average Bonchev–Trinajstić information content (AvgIpc) is 3.29. The van der Waals surface area contributed by atoms with Gasteiger partial charge in [-0.3, -0.25) is 4.79 Å². The van der Waals surface area contributed by atoms with Crippen LogP contribution in [0.5, 0.6) is 11.5 Å². The van der Waals surface area contributed by atoms with Crippen LogP contribution in [-0.4, -0.2) is 36.0 Å². The topological polar surface area (TPSA) is 78.8 Å². The lowest BCUT2D eigenvalue weighted by atomic mass is 10.1. The zero-order valence-electron chi connectivity index (χ0n) is 18.6. The number of esters is 1. The molecule has 3 aromatic rings. The summed E-state index contributed by atoms with van der Waals surface area (Å²) in [6.45, 7) is 3.62. The van der Waals surface area contributed by atoms with Gasteiger partial charge in [-0.2, -0.15) is 13.2 Å². The van der Waals surface area contributed by atoms with Crippen LogP contribution in [-0.2, 0) is 11.3 Å². The number of benzene rings is 2. The lowest BCUT2D eigenvalue weighted by Gasteiger charge is -2.22. The first kappa shape index (κ1) is 24.3. The number of nitrogens with zero attached hydrogens (tertiary/aromatic N) is 1. The highest BCUT2D eigenvalue weighted by atomic mass is 19.4. The fourth-order valence-electron chi connectivity index (χ4n) is 3.98. The fraction of sp³-hybridized carbons (Fsp3) is 0.304. The summed E-state index contributed by atoms with van der Waals surface area (Å²) in [6, 6.07) is 4.57. The summed E-state index contributed by atoms with van der Waals surface area (Å²) in [5.74, 6) is -2.64. The van der Waals surface area contributed by atoms with Gasteiger partial charge in [0.1, 0.15) is 5.69 Å². The quantitative estimate of drug-likeness (QED) is 0.391. The van der Waals surface area contributed by atoms with Crippen LogP contribution < -0.4 is 14.8 Å². The molecule has 0 saturated heterocycles. The van der Waals surface area contributed by atoms with Crippen molar-refractivity contribution >= 4 is 22.8 Å². The Balaban J connectivity index is 1.71. The van der Waals surface area contributed by atoms with Crippen molar-refractivity contribution in [2.75, 3.05) is 7.11 Å². The number of hydrogen-bond donors (Lipinski definition) is 1. The summed E-state index contributed by atoms with van der Waals surface area (Å²) in [5.41, 5.74) is 0.760. The van der Waals surface area contributed by atoms with Crippen molar-refractivity contribution in [1.82, 2.24) is 9.88 Å². The highest BCUT2D eigenvalue weighted by Crippen LogP contribution is 2.44. The van der Waals surface area contributed by atoms with Crippen LogP contribution in [0.3, 0.4) is 0 Å². The molecule has 4 rings (SSSR count). The first-order valence-corrected chi connectivity index (χ1v) is 10.3. The maximum absolute atomic E-state index is 13.9. The molecular formula is C23H19F5N2O5. The summed E-state index contributed by atoms with van der Waals surface area (Å²) in [7, 11) is 1.22. The number of rotatable bonds is 5. The van der Waals surface area contributed by atoms with E-state index in [1.165, 1.54) is 23.8 Å². The zero-order valence-corrected chi connectivity index (χ0v) is 18.6. The molecule has 2 aromatic carbocycles. The predicted molar refractivity (Wildman–Crippen MR) is 113 cm³/mol. The number of alkyl halides is 5. The normalized spacial score (nSPS) is 15.2. The highest BCUT2D eigenvalue weighted by Gasteiger charge is 2.46. The Morgan fingerprint density at radius 1 is 1.11 bits per heavy atom. The van der Waals surface area contributed by atoms with Crippen molar-refractivity contribution in [3.8, 4) is 11.5 Å². The van der Waals surface area contributed by atoms with Gasteiger partial charge in [0.2, 0.25) is 0 Å². The molecule has 1 amide bonds. The van der Waals surface area contributed by atoms with Crippen LogP contribution in [0.15, 0.2) is 36.4 Å². The second-order valence-electron chi connectivity index (χ2n) is 7.81. The van der Waals surface area contributed by atoms with Gasteiger partial charge in [-0.25, -0.2) is 4.79 Å². The number of methoxy groups -OCH3 is 1. The third-order valence-electron chi connectivity index (χ3n) is 5.56. The summed E-state index contributed by atoms with van der Waals surface area (Å²) in [5, 5.41) is 2.40. The number of ether oxygens (including phenoxy) is 3. The van der Waals surface area contributed by atoms with Crippen LogP contribution in [0.2, 0.25) is 0 Å². The molecule has 1 N–H and O–H groups in total. The van der Waals surface area contributed by atoms with E-state index in [9.17, 15) is 31.5 Å². The van der Waals surface area contributed by atoms with Crippen LogP contribution in [0.1, 0.15) is 44.9 Å². The number of fused-ring (bicyclic) bond motifs is 2. The second kappa shape index (κ2) is 8.43. The number of nitrogens with one attached hydrogen (secondary N) is 1. The van der Waals surface area contributed by atoms with Gasteiger partial charge in [0, 0.05) is 17.4 Å². The second-order valence-corrected chi connectivity index (χ2v) is 7.81. The van der Waals surface area contributed by atoms with Crippen molar-refractivity contribution in [3.63, 3.8) is 0 Å². The summed E-state index contributed by atoms with van der Waals surface area (Å²) >= 11 is 0. The summed E-state index contributed by atoms with van der Waals surface area (Å²) in [6.07, 6.45) is -8.95. The van der Waals surface area contributed by atoms with Gasteiger partial charge in [0.15, 0.2) is 17.5 Å².